The summed E-state index contributed by atoms with van der Waals surface area (Å²) in [6, 6.07) is -1.48. The number of hydrogen-bond acceptors (Lipinski definition) is 6. The summed E-state index contributed by atoms with van der Waals surface area (Å²) in [6.45, 7) is 0.418. The number of carbonyl (C=O) groups is 4. The lowest BCUT2D eigenvalue weighted by molar-refractivity contribution is -0.141. The van der Waals surface area contributed by atoms with Gasteiger partial charge in [-0.25, -0.2) is 4.79 Å². The molecule has 38 heavy (non-hydrogen) atoms. The van der Waals surface area contributed by atoms with Crippen LogP contribution in [0, 0.1) is 5.92 Å². The SMILES string of the molecule is O=C(N[C@H]1CCCCC/C=C\[C@@H]2C[C@@]2(C(=O)N[S+]([O-])C2CC2)NC(=O)[C@@H]2CCCN2C1=O)OC1CCCC1. The average Bonchev–Trinajstić information content (AvgIpc) is 3.73. The largest absolute Gasteiger partial charge is 0.593 e. The summed E-state index contributed by atoms with van der Waals surface area (Å²) in [5.41, 5.74) is -1.14. The van der Waals surface area contributed by atoms with E-state index in [-0.39, 0.29) is 29.1 Å². The van der Waals surface area contributed by atoms with Gasteiger partial charge >= 0.3 is 6.09 Å². The van der Waals surface area contributed by atoms with Gasteiger partial charge in [0.05, 0.1) is 11.4 Å². The van der Waals surface area contributed by atoms with Crippen LogP contribution in [0.25, 0.3) is 0 Å². The third-order valence-corrected chi connectivity index (χ3v) is 9.99. The van der Waals surface area contributed by atoms with Crippen molar-refractivity contribution >= 4 is 35.2 Å². The number of rotatable bonds is 5. The molecule has 210 valence electrons. The summed E-state index contributed by atoms with van der Waals surface area (Å²) < 4.78 is 20.6. The second-order valence-electron chi connectivity index (χ2n) is 11.5. The molecule has 1 saturated heterocycles. The van der Waals surface area contributed by atoms with E-state index in [0.717, 1.165) is 64.2 Å². The van der Waals surface area contributed by atoms with Gasteiger partial charge in [0.1, 0.15) is 29.0 Å². The second kappa shape index (κ2) is 11.9. The molecule has 0 aromatic heterocycles. The van der Waals surface area contributed by atoms with E-state index < -0.39 is 41.0 Å². The number of nitrogens with one attached hydrogen (secondary N) is 3. The third-order valence-electron chi connectivity index (χ3n) is 8.52. The normalized spacial score (nSPS) is 34.1. The Labute approximate surface area is 227 Å². The Kier molecular flexibility index (Phi) is 8.52. The van der Waals surface area contributed by atoms with Gasteiger partial charge < -0.3 is 24.8 Å². The van der Waals surface area contributed by atoms with E-state index in [2.05, 4.69) is 15.4 Å². The zero-order valence-electron chi connectivity index (χ0n) is 22.0. The maximum Gasteiger partial charge on any atom is 0.408 e. The van der Waals surface area contributed by atoms with Crippen LogP contribution in [0.4, 0.5) is 4.79 Å². The molecule has 0 aromatic carbocycles. The molecule has 2 aliphatic heterocycles. The minimum atomic E-state index is -1.45. The van der Waals surface area contributed by atoms with E-state index in [1.807, 2.05) is 12.2 Å². The topological polar surface area (TPSA) is 140 Å². The quantitative estimate of drug-likeness (QED) is 0.356. The summed E-state index contributed by atoms with van der Waals surface area (Å²) in [4.78, 5) is 54.6. The molecule has 10 nitrogen and oxygen atoms in total. The summed E-state index contributed by atoms with van der Waals surface area (Å²) >= 11 is -1.45. The average molecular weight is 549 g/mol. The molecule has 3 aliphatic carbocycles. The van der Waals surface area contributed by atoms with Crippen molar-refractivity contribution in [2.45, 2.75) is 119 Å². The number of carbonyl (C=O) groups excluding carboxylic acids is 4. The zero-order valence-corrected chi connectivity index (χ0v) is 22.8. The predicted molar refractivity (Wildman–Crippen MR) is 141 cm³/mol. The Morgan fingerprint density at radius 1 is 1.03 bits per heavy atom. The molecule has 5 rings (SSSR count). The highest BCUT2D eigenvalue weighted by atomic mass is 32.2. The molecule has 0 aromatic rings. The van der Waals surface area contributed by atoms with Crippen molar-refractivity contribution in [2.75, 3.05) is 6.54 Å². The lowest BCUT2D eigenvalue weighted by Crippen LogP contribution is -2.58. The molecule has 0 bridgehead atoms. The van der Waals surface area contributed by atoms with E-state index in [1.165, 1.54) is 0 Å². The minimum absolute atomic E-state index is 0.00575. The number of allylic oxidation sites excluding steroid dienone is 1. The predicted octanol–water partition coefficient (Wildman–Crippen LogP) is 2.35. The zero-order chi connectivity index (χ0) is 26.7. The Balaban J connectivity index is 1.30. The summed E-state index contributed by atoms with van der Waals surface area (Å²) in [6.07, 6.45) is 14.3. The van der Waals surface area contributed by atoms with Crippen molar-refractivity contribution in [3.05, 3.63) is 12.2 Å². The number of ether oxygens (including phenoxy) is 1. The molecule has 4 fully saturated rings. The van der Waals surface area contributed by atoms with Crippen LogP contribution in [0.1, 0.15) is 89.9 Å². The first kappa shape index (κ1) is 27.3. The van der Waals surface area contributed by atoms with Crippen LogP contribution in [0.15, 0.2) is 12.2 Å². The highest BCUT2D eigenvalue weighted by Crippen LogP contribution is 2.46. The Bertz CT molecular complexity index is 952. The molecule has 5 aliphatic rings. The van der Waals surface area contributed by atoms with E-state index >= 15 is 0 Å². The van der Waals surface area contributed by atoms with Gasteiger partial charge in [-0.2, -0.15) is 4.72 Å². The van der Waals surface area contributed by atoms with Gasteiger partial charge in [0.2, 0.25) is 11.8 Å². The van der Waals surface area contributed by atoms with Gasteiger partial charge in [-0.15, -0.1) is 0 Å². The molecule has 11 heteroatoms. The number of fused-ring (bicyclic) bond motifs is 2. The first-order valence-corrected chi connectivity index (χ1v) is 15.6. The first-order chi connectivity index (χ1) is 18.4. The van der Waals surface area contributed by atoms with Crippen molar-refractivity contribution in [1.82, 2.24) is 20.3 Å². The Morgan fingerprint density at radius 2 is 1.79 bits per heavy atom. The van der Waals surface area contributed by atoms with E-state index in [1.54, 1.807) is 4.90 Å². The van der Waals surface area contributed by atoms with Crippen molar-refractivity contribution < 1.29 is 28.5 Å². The molecule has 1 unspecified atom stereocenters. The highest BCUT2D eigenvalue weighted by Gasteiger charge is 2.62. The molecule has 5 atom stereocenters. The molecular formula is C27H40N4O6S. The lowest BCUT2D eigenvalue weighted by Gasteiger charge is -2.30. The van der Waals surface area contributed by atoms with Gasteiger partial charge in [-0.3, -0.25) is 14.4 Å². The summed E-state index contributed by atoms with van der Waals surface area (Å²) in [7, 11) is 0. The number of amides is 4. The second-order valence-corrected chi connectivity index (χ2v) is 12.9. The molecule has 3 saturated carbocycles. The maximum atomic E-state index is 13.7. The van der Waals surface area contributed by atoms with Gasteiger partial charge in [0.15, 0.2) is 0 Å². The van der Waals surface area contributed by atoms with E-state index in [0.29, 0.717) is 32.2 Å². The first-order valence-electron chi connectivity index (χ1n) is 14.4. The number of hydrogen-bond donors (Lipinski definition) is 3. The van der Waals surface area contributed by atoms with Crippen LogP contribution in [-0.2, 0) is 30.5 Å². The standard InChI is InChI=1S/C27H40N4O6S/c32-23-22-13-8-16-31(22)24(33)21(28-26(35)37-19-10-6-7-11-19)12-5-3-1-2-4-9-18-17-27(18,29-23)25(34)30-38(36)20-14-15-20/h4,9,18-22H,1-3,5-8,10-17H2,(H,28,35)(H,29,32)(H,30,34)/b9-4-/t18-,21+,22+,27-,38?/m1/s1. The van der Waals surface area contributed by atoms with Crippen molar-refractivity contribution in [3.63, 3.8) is 0 Å². The van der Waals surface area contributed by atoms with Crippen molar-refractivity contribution in [2.24, 2.45) is 5.92 Å². The van der Waals surface area contributed by atoms with E-state index in [9.17, 15) is 23.7 Å². The monoisotopic (exact) mass is 548 g/mol. The molecule has 2 heterocycles. The van der Waals surface area contributed by atoms with Gasteiger partial charge in [0, 0.05) is 25.3 Å². The van der Waals surface area contributed by atoms with Crippen LogP contribution >= 0.6 is 0 Å². The maximum absolute atomic E-state index is 13.7. The third kappa shape index (κ3) is 6.30. The van der Waals surface area contributed by atoms with Crippen molar-refractivity contribution in [3.8, 4) is 0 Å². The smallest absolute Gasteiger partial charge is 0.408 e. The minimum Gasteiger partial charge on any atom is -0.593 e. The summed E-state index contributed by atoms with van der Waals surface area (Å²) in [5, 5.41) is 5.75. The van der Waals surface area contributed by atoms with Crippen LogP contribution < -0.4 is 15.4 Å². The van der Waals surface area contributed by atoms with Gasteiger partial charge in [-0.1, -0.05) is 25.0 Å². The van der Waals surface area contributed by atoms with Gasteiger partial charge in [-0.05, 0) is 64.2 Å². The Hall–Kier alpha value is -2.27. The molecular weight excluding hydrogens is 508 g/mol. The fourth-order valence-electron chi connectivity index (χ4n) is 5.98. The van der Waals surface area contributed by atoms with Crippen LogP contribution in [-0.4, -0.2) is 68.8 Å². The fourth-order valence-corrected chi connectivity index (χ4v) is 7.07. The molecule has 0 radical (unpaired) electrons. The van der Waals surface area contributed by atoms with Crippen LogP contribution in [0.2, 0.25) is 0 Å². The van der Waals surface area contributed by atoms with Crippen molar-refractivity contribution in [1.29, 1.82) is 0 Å². The highest BCUT2D eigenvalue weighted by molar-refractivity contribution is 7.90. The number of nitrogens with zero attached hydrogens (tertiary/aromatic N) is 1. The lowest BCUT2D eigenvalue weighted by atomic mass is 10.1. The van der Waals surface area contributed by atoms with Gasteiger partial charge in [0.25, 0.3) is 5.91 Å². The molecule has 0 spiro atoms. The fraction of sp³-hybridized carbons (Fsp3) is 0.778. The Morgan fingerprint density at radius 3 is 2.55 bits per heavy atom. The van der Waals surface area contributed by atoms with Crippen LogP contribution in [0.3, 0.4) is 0 Å². The number of alkyl carbamates (subject to hydrolysis) is 1. The van der Waals surface area contributed by atoms with E-state index in [4.69, 9.17) is 4.74 Å². The van der Waals surface area contributed by atoms with Crippen LogP contribution in [0.5, 0.6) is 0 Å². The summed E-state index contributed by atoms with van der Waals surface area (Å²) in [5.74, 6) is -1.24. The molecule has 4 amide bonds. The molecule has 3 N–H and O–H groups in total.